The van der Waals surface area contributed by atoms with Gasteiger partial charge in [-0.15, -0.1) is 31.4 Å². The summed E-state index contributed by atoms with van der Waals surface area (Å²) < 4.78 is 65.2. The van der Waals surface area contributed by atoms with Crippen molar-refractivity contribution in [3.8, 4) is 0 Å². The summed E-state index contributed by atoms with van der Waals surface area (Å²) in [6.07, 6.45) is 3.34. The first kappa shape index (κ1) is 47.2. The minimum absolute atomic E-state index is 0.135. The van der Waals surface area contributed by atoms with Gasteiger partial charge in [0.2, 0.25) is 8.68 Å². The number of thiazole rings is 2. The largest absolute Gasteiger partial charge is 0.385 e. The topological polar surface area (TPSA) is 237 Å². The molecule has 2 amide bonds. The van der Waals surface area contributed by atoms with E-state index in [2.05, 4.69) is 28.7 Å². The van der Waals surface area contributed by atoms with Crippen LogP contribution >= 0.6 is 22.7 Å². The number of carbonyl (C=O) groups is 2. The molecule has 0 bridgehead atoms. The molecule has 0 aromatic carbocycles. The smallest absolute Gasteiger partial charge is 0.259 e. The van der Waals surface area contributed by atoms with Gasteiger partial charge in [-0.1, -0.05) is 41.5 Å². The molecule has 58 heavy (non-hydrogen) atoms. The number of nitrogens with zero attached hydrogens (tertiary/aromatic N) is 6. The number of aromatic nitrogens is 4. The Labute approximate surface area is 347 Å². The zero-order valence-electron chi connectivity index (χ0n) is 34.2. The van der Waals surface area contributed by atoms with E-state index in [1.165, 1.54) is 39.3 Å². The Morgan fingerprint density at radius 1 is 0.741 bits per heavy atom. The van der Waals surface area contributed by atoms with E-state index in [4.69, 9.17) is 10.3 Å². The van der Waals surface area contributed by atoms with Gasteiger partial charge in [0, 0.05) is 23.0 Å². The first-order valence-corrected chi connectivity index (χ1v) is 23.4. The van der Waals surface area contributed by atoms with Gasteiger partial charge in [-0.05, 0) is 86.5 Å². The SMILES string of the molecule is CC(C)c1ncc(F)c(C(C)CCC(C)c2ncc(F)c(C(C)C)c2CC(=O)N=S(N)(=O)c2ncc(C(C)(C)O)s2)c1CC(=O)N=S(N)(=O)c1nc(C(C)(C)O)cs1. The number of hydrogen-bond donors (Lipinski definition) is 4. The Kier molecular flexibility index (Phi) is 14.6. The average molecular weight is 883 g/mol. The Balaban J connectivity index is 1.64. The summed E-state index contributed by atoms with van der Waals surface area (Å²) in [6.45, 7) is 16.9. The fourth-order valence-electron chi connectivity index (χ4n) is 6.44. The number of halogens is 2. The van der Waals surface area contributed by atoms with Crippen molar-refractivity contribution in [1.82, 2.24) is 19.9 Å². The third kappa shape index (κ3) is 11.2. The Bertz CT molecular complexity index is 2440. The van der Waals surface area contributed by atoms with Crippen LogP contribution in [0.3, 0.4) is 0 Å². The summed E-state index contributed by atoms with van der Waals surface area (Å²) in [5, 5.41) is 34.0. The second-order valence-electron chi connectivity index (χ2n) is 16.0. The molecule has 0 aliphatic rings. The Morgan fingerprint density at radius 3 is 1.72 bits per heavy atom. The number of aliphatic hydroxyl groups is 2. The maximum atomic E-state index is 15.8. The number of hydrogen-bond acceptors (Lipinski definition) is 12. The highest BCUT2D eigenvalue weighted by Gasteiger charge is 2.29. The zero-order valence-corrected chi connectivity index (χ0v) is 37.5. The molecule has 4 atom stereocenters. The minimum atomic E-state index is -3.80. The maximum absolute atomic E-state index is 15.8. The van der Waals surface area contributed by atoms with Crippen LogP contribution < -0.4 is 10.3 Å². The lowest BCUT2D eigenvalue weighted by molar-refractivity contribution is -0.117. The lowest BCUT2D eigenvalue weighted by Gasteiger charge is -2.23. The van der Waals surface area contributed by atoms with Gasteiger partial charge in [-0.25, -0.2) is 37.4 Å². The molecule has 14 nitrogen and oxygen atoms in total. The molecule has 0 aliphatic heterocycles. The third-order valence-electron chi connectivity index (χ3n) is 9.36. The fraction of sp³-hybridized carbons (Fsp3) is 0.526. The third-order valence-corrected chi connectivity index (χ3v) is 15.2. The normalized spacial score (nSPS) is 15.6. The maximum Gasteiger partial charge on any atom is 0.259 e. The lowest BCUT2D eigenvalue weighted by atomic mass is 9.84. The summed E-state index contributed by atoms with van der Waals surface area (Å²) in [5.74, 6) is -4.52. The number of nitrogens with two attached hydrogens (primary N) is 2. The van der Waals surface area contributed by atoms with Gasteiger partial charge in [-0.3, -0.25) is 19.6 Å². The van der Waals surface area contributed by atoms with Crippen LogP contribution in [0.5, 0.6) is 0 Å². The van der Waals surface area contributed by atoms with Crippen molar-refractivity contribution in [2.75, 3.05) is 0 Å². The fourth-order valence-corrected chi connectivity index (χ4v) is 10.8. The molecule has 0 saturated heterocycles. The molecule has 6 N–H and O–H groups in total. The van der Waals surface area contributed by atoms with Gasteiger partial charge in [0.1, 0.15) is 17.2 Å². The van der Waals surface area contributed by atoms with Crippen molar-refractivity contribution >= 4 is 54.3 Å². The molecular formula is C38H52F2N8O6S4. The van der Waals surface area contributed by atoms with Crippen LogP contribution in [-0.4, -0.2) is 50.4 Å². The molecule has 0 aliphatic carbocycles. The van der Waals surface area contributed by atoms with Gasteiger partial charge in [0.05, 0.1) is 41.4 Å². The van der Waals surface area contributed by atoms with Crippen LogP contribution in [0.4, 0.5) is 8.78 Å². The van der Waals surface area contributed by atoms with E-state index in [-0.39, 0.29) is 42.9 Å². The molecular weight excluding hydrogens is 831 g/mol. The van der Waals surface area contributed by atoms with Crippen LogP contribution in [0.1, 0.15) is 150 Å². The number of carbonyl (C=O) groups excluding carboxylic acids is 2. The molecule has 4 rings (SSSR count). The van der Waals surface area contributed by atoms with Crippen LogP contribution in [0.25, 0.3) is 0 Å². The molecule has 20 heteroatoms. The first-order chi connectivity index (χ1) is 26.6. The van der Waals surface area contributed by atoms with Crippen LogP contribution in [0.2, 0.25) is 0 Å². The van der Waals surface area contributed by atoms with E-state index in [9.17, 15) is 28.2 Å². The van der Waals surface area contributed by atoms with Gasteiger partial charge in [-0.2, -0.15) is 0 Å². The predicted octanol–water partition coefficient (Wildman–Crippen LogP) is 7.00. The highest BCUT2D eigenvalue weighted by Crippen LogP contribution is 2.37. The van der Waals surface area contributed by atoms with Crippen LogP contribution in [0.15, 0.2) is 41.4 Å². The van der Waals surface area contributed by atoms with Crippen LogP contribution in [-0.2, 0) is 53.5 Å². The van der Waals surface area contributed by atoms with E-state index < -0.39 is 79.2 Å². The van der Waals surface area contributed by atoms with Gasteiger partial charge in [0.15, 0.2) is 19.8 Å². The molecule has 0 spiro atoms. The van der Waals surface area contributed by atoms with E-state index in [0.29, 0.717) is 34.7 Å². The molecule has 0 radical (unpaired) electrons. The summed E-state index contributed by atoms with van der Waals surface area (Å²) in [6, 6.07) is 0. The second-order valence-corrected chi connectivity index (χ2v) is 21.8. The highest BCUT2D eigenvalue weighted by atomic mass is 32.2. The quantitative estimate of drug-likeness (QED) is 0.0954. The summed E-state index contributed by atoms with van der Waals surface area (Å²) >= 11 is 1.77. The van der Waals surface area contributed by atoms with E-state index in [1.807, 2.05) is 20.8 Å². The highest BCUT2D eigenvalue weighted by molar-refractivity contribution is 7.93. The molecule has 4 unspecified atom stereocenters. The molecule has 4 aromatic heterocycles. The summed E-state index contributed by atoms with van der Waals surface area (Å²) in [5.41, 5.74) is -0.491. The number of amides is 2. The van der Waals surface area contributed by atoms with E-state index >= 15 is 8.78 Å². The van der Waals surface area contributed by atoms with Gasteiger partial charge in [0.25, 0.3) is 11.8 Å². The molecule has 4 aromatic rings. The van der Waals surface area contributed by atoms with Gasteiger partial charge >= 0.3 is 0 Å². The second kappa shape index (κ2) is 18.0. The minimum Gasteiger partial charge on any atom is -0.385 e. The monoisotopic (exact) mass is 882 g/mol. The number of pyridine rings is 2. The number of rotatable bonds is 15. The lowest BCUT2D eigenvalue weighted by Crippen LogP contribution is -2.20. The van der Waals surface area contributed by atoms with Crippen molar-refractivity contribution < 1.29 is 37.0 Å². The molecule has 318 valence electrons. The van der Waals surface area contributed by atoms with Crippen molar-refractivity contribution in [3.63, 3.8) is 0 Å². The first-order valence-electron chi connectivity index (χ1n) is 18.5. The van der Waals surface area contributed by atoms with Crippen molar-refractivity contribution in [1.29, 1.82) is 0 Å². The molecule has 4 heterocycles. The van der Waals surface area contributed by atoms with E-state index in [0.717, 1.165) is 35.1 Å². The van der Waals surface area contributed by atoms with E-state index in [1.54, 1.807) is 20.8 Å². The summed E-state index contributed by atoms with van der Waals surface area (Å²) in [4.78, 5) is 44.0. The predicted molar refractivity (Wildman–Crippen MR) is 221 cm³/mol. The van der Waals surface area contributed by atoms with Crippen molar-refractivity contribution in [2.45, 2.75) is 138 Å². The van der Waals surface area contributed by atoms with Crippen molar-refractivity contribution in [2.24, 2.45) is 19.0 Å². The zero-order chi connectivity index (χ0) is 43.7. The Hall–Kier alpha value is -3.50. The van der Waals surface area contributed by atoms with Gasteiger partial charge < -0.3 is 10.2 Å². The van der Waals surface area contributed by atoms with Crippen LogP contribution in [0, 0.1) is 11.6 Å². The average Bonchev–Trinajstić information content (AvgIpc) is 3.79. The Morgan fingerprint density at radius 2 is 1.24 bits per heavy atom. The molecule has 0 fully saturated rings. The summed E-state index contributed by atoms with van der Waals surface area (Å²) in [7, 11) is -7.60. The van der Waals surface area contributed by atoms with Crippen molar-refractivity contribution in [3.05, 3.63) is 79.8 Å². The molecule has 0 saturated carbocycles. The standard InChI is InChI=1S/C38H52F2N8O6S4/c1-19(2)31-23(13-29(49)47-57(41,53)35-45-17-28(56-35)38(9,10)52)34(44-15-25(31)39)22(6)12-11-21(5)32-24(33(20(3)4)43-16-26(32)40)14-30(50)48-58(42,54)36-46-27(18-55-36)37(7,8)51/h15-22,51-52H,11-14H2,1-10H3,(H2,41,47,49,53)(H2,42,48,50,54).